The van der Waals surface area contributed by atoms with E-state index in [9.17, 15) is 26.4 Å². The van der Waals surface area contributed by atoms with E-state index >= 15 is 0 Å². The summed E-state index contributed by atoms with van der Waals surface area (Å²) in [6.07, 6.45) is -1.00. The van der Waals surface area contributed by atoms with Crippen LogP contribution in [-0.2, 0) is 29.7 Å². The van der Waals surface area contributed by atoms with Crippen molar-refractivity contribution in [1.29, 1.82) is 0 Å². The molecule has 0 aliphatic rings. The Morgan fingerprint density at radius 3 is 2.41 bits per heavy atom. The largest absolute Gasteiger partial charge is 0.417 e. The summed E-state index contributed by atoms with van der Waals surface area (Å²) in [5, 5.41) is 7.92. The first-order valence-corrected chi connectivity index (χ1v) is 12.6. The number of nitrogens with zero attached hydrogens (tertiary/aromatic N) is 2. The Morgan fingerprint density at radius 2 is 1.78 bits per heavy atom. The average Bonchev–Trinajstić information content (AvgIpc) is 3.22. The molecule has 7 nitrogen and oxygen atoms in total. The van der Waals surface area contributed by atoms with Crippen LogP contribution in [-0.4, -0.2) is 23.9 Å². The van der Waals surface area contributed by atoms with E-state index in [0.29, 0.717) is 28.2 Å². The van der Waals surface area contributed by atoms with Gasteiger partial charge in [-0.15, -0.1) is 0 Å². The quantitative estimate of drug-likeness (QED) is 0.371. The van der Waals surface area contributed by atoms with Crippen LogP contribution in [0.1, 0.15) is 32.9 Å². The van der Waals surface area contributed by atoms with Crippen molar-refractivity contribution in [3.63, 3.8) is 0 Å². The van der Waals surface area contributed by atoms with Crippen LogP contribution in [0.25, 0.3) is 11.1 Å². The van der Waals surface area contributed by atoms with E-state index in [1.807, 2.05) is 0 Å². The molecule has 1 heterocycles. The highest BCUT2D eigenvalue weighted by Gasteiger charge is 2.33. The van der Waals surface area contributed by atoms with Crippen LogP contribution in [0.2, 0.25) is 0 Å². The number of hydrogen-bond donors (Lipinski definition) is 2. The van der Waals surface area contributed by atoms with Crippen LogP contribution < -0.4 is 10.5 Å². The van der Waals surface area contributed by atoms with Gasteiger partial charge in [-0.1, -0.05) is 24.3 Å². The summed E-state index contributed by atoms with van der Waals surface area (Å²) < 4.78 is 66.4. The molecule has 1 aromatic heterocycles. The van der Waals surface area contributed by atoms with Gasteiger partial charge in [0.15, 0.2) is 0 Å². The molecule has 4 aromatic rings. The summed E-state index contributed by atoms with van der Waals surface area (Å²) in [5.41, 5.74) is 1.01. The molecule has 0 bridgehead atoms. The van der Waals surface area contributed by atoms with Gasteiger partial charge in [-0.25, -0.2) is 18.5 Å². The summed E-state index contributed by atoms with van der Waals surface area (Å²) in [6.45, 7) is 1.52. The van der Waals surface area contributed by atoms with E-state index in [4.69, 9.17) is 5.14 Å². The molecular formula is C26H23F3N4O3S. The predicted octanol–water partition coefficient (Wildman–Crippen LogP) is 4.90. The molecule has 0 radical (unpaired) electrons. The van der Waals surface area contributed by atoms with Gasteiger partial charge in [0, 0.05) is 37.1 Å². The van der Waals surface area contributed by atoms with Gasteiger partial charge in [0.2, 0.25) is 10.0 Å². The van der Waals surface area contributed by atoms with Crippen molar-refractivity contribution in [2.45, 2.75) is 24.4 Å². The number of nitrogens with one attached hydrogen (secondary N) is 1. The van der Waals surface area contributed by atoms with Crippen molar-refractivity contribution in [3.05, 3.63) is 101 Å². The van der Waals surface area contributed by atoms with Gasteiger partial charge in [0.1, 0.15) is 5.82 Å². The van der Waals surface area contributed by atoms with Crippen LogP contribution in [0.3, 0.4) is 0 Å². The molecule has 0 saturated carbocycles. The van der Waals surface area contributed by atoms with Crippen molar-refractivity contribution >= 4 is 21.6 Å². The molecule has 4 rings (SSSR count). The fourth-order valence-corrected chi connectivity index (χ4v) is 4.86. The predicted molar refractivity (Wildman–Crippen MR) is 133 cm³/mol. The number of anilines is 1. The van der Waals surface area contributed by atoms with Gasteiger partial charge in [-0.2, -0.15) is 13.2 Å². The van der Waals surface area contributed by atoms with Crippen molar-refractivity contribution in [2.75, 3.05) is 5.32 Å². The molecule has 0 aliphatic carbocycles. The molecule has 0 saturated heterocycles. The van der Waals surface area contributed by atoms with Crippen LogP contribution in [0.5, 0.6) is 0 Å². The maximum Gasteiger partial charge on any atom is 0.417 e. The number of sulfonamides is 1. The van der Waals surface area contributed by atoms with E-state index in [2.05, 4.69) is 10.3 Å². The number of nitrogens with two attached hydrogens (primary N) is 1. The third-order valence-electron chi connectivity index (χ3n) is 5.90. The van der Waals surface area contributed by atoms with Gasteiger partial charge in [-0.3, -0.25) is 4.79 Å². The maximum absolute atomic E-state index is 13.8. The summed E-state index contributed by atoms with van der Waals surface area (Å²) in [5.74, 6) is 0.110. The second-order valence-corrected chi connectivity index (χ2v) is 10.1. The van der Waals surface area contributed by atoms with Gasteiger partial charge in [-0.05, 0) is 65.6 Å². The molecule has 0 unspecified atom stereocenters. The third kappa shape index (κ3) is 5.73. The molecule has 11 heteroatoms. The number of alkyl halides is 3. The lowest BCUT2D eigenvalue weighted by molar-refractivity contribution is -0.137. The second-order valence-electron chi connectivity index (χ2n) is 8.53. The van der Waals surface area contributed by atoms with Gasteiger partial charge in [0.25, 0.3) is 5.91 Å². The molecule has 0 atom stereocenters. The summed E-state index contributed by atoms with van der Waals surface area (Å²) in [7, 11) is -2.15. The zero-order valence-corrected chi connectivity index (χ0v) is 20.7. The number of halogens is 3. The molecule has 0 spiro atoms. The van der Waals surface area contributed by atoms with Crippen LogP contribution in [0, 0.1) is 6.92 Å². The number of aromatic nitrogens is 2. The first kappa shape index (κ1) is 26.1. The lowest BCUT2D eigenvalue weighted by Gasteiger charge is -2.17. The number of primary sulfonamides is 1. The molecule has 192 valence electrons. The lowest BCUT2D eigenvalue weighted by Crippen LogP contribution is -2.16. The Hall–Kier alpha value is -3.96. The SMILES string of the molecule is Cc1cc(C(=O)Nc2ccc(-c3ccccc3C(F)(F)F)c(Cc3nccn3C)c2)ccc1S(N)(=O)=O. The van der Waals surface area contributed by atoms with E-state index in [-0.39, 0.29) is 22.4 Å². The first-order chi connectivity index (χ1) is 17.3. The molecule has 3 N–H and O–H groups in total. The van der Waals surface area contributed by atoms with E-state index in [0.717, 1.165) is 6.07 Å². The third-order valence-corrected chi connectivity index (χ3v) is 6.97. The molecule has 1 amide bonds. The Balaban J connectivity index is 1.74. The molecule has 0 fully saturated rings. The smallest absolute Gasteiger partial charge is 0.338 e. The highest BCUT2D eigenvalue weighted by molar-refractivity contribution is 7.89. The highest BCUT2D eigenvalue weighted by Crippen LogP contribution is 2.39. The summed E-state index contributed by atoms with van der Waals surface area (Å²) in [4.78, 5) is 17.1. The van der Waals surface area contributed by atoms with Gasteiger partial charge < -0.3 is 9.88 Å². The van der Waals surface area contributed by atoms with E-state index < -0.39 is 27.7 Å². The minimum atomic E-state index is -4.55. The second kappa shape index (κ2) is 9.83. The number of amides is 1. The number of carbonyl (C=O) groups excluding carboxylic acids is 1. The number of rotatable bonds is 6. The van der Waals surface area contributed by atoms with Crippen molar-refractivity contribution in [3.8, 4) is 11.1 Å². The molecule has 3 aromatic carbocycles. The van der Waals surface area contributed by atoms with Crippen molar-refractivity contribution in [2.24, 2.45) is 12.2 Å². The normalized spacial score (nSPS) is 11.9. The number of carbonyl (C=O) groups is 1. The average molecular weight is 529 g/mol. The summed E-state index contributed by atoms with van der Waals surface area (Å²) in [6, 6.07) is 14.0. The zero-order valence-electron chi connectivity index (χ0n) is 19.9. The van der Waals surface area contributed by atoms with Crippen molar-refractivity contribution < 1.29 is 26.4 Å². The maximum atomic E-state index is 13.8. The van der Waals surface area contributed by atoms with E-state index in [1.165, 1.54) is 49.4 Å². The Morgan fingerprint density at radius 1 is 1.05 bits per heavy atom. The summed E-state index contributed by atoms with van der Waals surface area (Å²) >= 11 is 0. The zero-order chi connectivity index (χ0) is 27.0. The fourth-order valence-electron chi connectivity index (χ4n) is 4.10. The van der Waals surface area contributed by atoms with Crippen LogP contribution >= 0.6 is 0 Å². The topological polar surface area (TPSA) is 107 Å². The van der Waals surface area contributed by atoms with Gasteiger partial charge in [0.05, 0.1) is 10.5 Å². The highest BCUT2D eigenvalue weighted by atomic mass is 32.2. The Kier molecular flexibility index (Phi) is 6.94. The minimum absolute atomic E-state index is 0.0197. The molecule has 0 aliphatic heterocycles. The number of hydrogen-bond acceptors (Lipinski definition) is 4. The Bertz CT molecular complexity index is 1590. The van der Waals surface area contributed by atoms with Gasteiger partial charge >= 0.3 is 6.18 Å². The van der Waals surface area contributed by atoms with Crippen LogP contribution in [0.4, 0.5) is 18.9 Å². The molecular weight excluding hydrogens is 505 g/mol. The lowest BCUT2D eigenvalue weighted by atomic mass is 9.93. The molecule has 37 heavy (non-hydrogen) atoms. The number of imidazole rings is 1. The standard InChI is InChI=1S/C26H23F3N4O3S/c1-16-13-17(7-10-23(16)37(30,35)36)25(34)32-19-8-9-20(18(14-19)15-24-31-11-12-33(24)2)21-5-3-4-6-22(21)26(27,28)29/h3-14H,15H2,1-2H3,(H,32,34)(H2,30,35,36). The first-order valence-electron chi connectivity index (χ1n) is 11.0. The number of aryl methyl sites for hydroxylation is 2. The fraction of sp³-hybridized carbons (Fsp3) is 0.154. The van der Waals surface area contributed by atoms with Crippen molar-refractivity contribution in [1.82, 2.24) is 9.55 Å². The van der Waals surface area contributed by atoms with E-state index in [1.54, 1.807) is 36.1 Å². The van der Waals surface area contributed by atoms with Crippen LogP contribution in [0.15, 0.2) is 78.0 Å². The Labute approximate surface area is 211 Å². The monoisotopic (exact) mass is 528 g/mol. The number of benzene rings is 3. The minimum Gasteiger partial charge on any atom is -0.338 e.